The molecule has 0 heteroatoms. The summed E-state index contributed by atoms with van der Waals surface area (Å²) >= 11 is 0. The van der Waals surface area contributed by atoms with E-state index in [9.17, 15) is 0 Å². The van der Waals surface area contributed by atoms with Gasteiger partial charge in [-0.2, -0.15) is 0 Å². The van der Waals surface area contributed by atoms with Crippen LogP contribution in [0, 0.1) is 11.8 Å². The van der Waals surface area contributed by atoms with Crippen molar-refractivity contribution in [3.8, 4) is 0 Å². The van der Waals surface area contributed by atoms with Gasteiger partial charge in [0.2, 0.25) is 0 Å². The molecule has 1 aliphatic rings. The molecule has 0 aromatic rings. The number of hydrogen-bond donors (Lipinski definition) is 0. The van der Waals surface area contributed by atoms with E-state index >= 15 is 0 Å². The van der Waals surface area contributed by atoms with Crippen LogP contribution in [-0.2, 0) is 0 Å². The SMILES string of the molecule is CC1=C(C)CC(C(C)C)C=C1. The molecule has 1 atom stereocenters. The molecule has 0 fully saturated rings. The topological polar surface area (TPSA) is 0 Å². The maximum absolute atomic E-state index is 2.35. The van der Waals surface area contributed by atoms with E-state index in [0.717, 1.165) is 11.8 Å². The Balaban J connectivity index is 2.67. The fourth-order valence-corrected chi connectivity index (χ4v) is 1.45. The summed E-state index contributed by atoms with van der Waals surface area (Å²) in [5, 5.41) is 0. The van der Waals surface area contributed by atoms with E-state index in [1.165, 1.54) is 12.0 Å². The van der Waals surface area contributed by atoms with Crippen LogP contribution in [0.25, 0.3) is 0 Å². The molecule has 62 valence electrons. The minimum absolute atomic E-state index is 0.777. The summed E-state index contributed by atoms with van der Waals surface area (Å²) in [6.45, 7) is 9.03. The van der Waals surface area contributed by atoms with Crippen LogP contribution < -0.4 is 0 Å². The fraction of sp³-hybridized carbons (Fsp3) is 0.636. The van der Waals surface area contributed by atoms with Gasteiger partial charge in [-0.05, 0) is 32.1 Å². The second-order valence-corrected chi connectivity index (χ2v) is 3.93. The van der Waals surface area contributed by atoms with Crippen molar-refractivity contribution in [2.75, 3.05) is 0 Å². The van der Waals surface area contributed by atoms with Crippen molar-refractivity contribution in [2.24, 2.45) is 11.8 Å². The molecule has 0 aliphatic heterocycles. The van der Waals surface area contributed by atoms with E-state index in [2.05, 4.69) is 39.8 Å². The maximum atomic E-state index is 2.35. The van der Waals surface area contributed by atoms with Crippen molar-refractivity contribution in [3.63, 3.8) is 0 Å². The predicted octanol–water partition coefficient (Wildman–Crippen LogP) is 3.55. The van der Waals surface area contributed by atoms with Gasteiger partial charge in [-0.1, -0.05) is 37.1 Å². The molecule has 0 radical (unpaired) electrons. The first-order chi connectivity index (χ1) is 5.11. The summed E-state index contributed by atoms with van der Waals surface area (Å²) in [7, 11) is 0. The van der Waals surface area contributed by atoms with E-state index in [4.69, 9.17) is 0 Å². The van der Waals surface area contributed by atoms with Crippen molar-refractivity contribution in [1.29, 1.82) is 0 Å². The lowest BCUT2D eigenvalue weighted by atomic mass is 9.84. The molecule has 1 unspecified atom stereocenters. The van der Waals surface area contributed by atoms with Crippen LogP contribution in [0.15, 0.2) is 23.3 Å². The molecule has 0 aromatic heterocycles. The van der Waals surface area contributed by atoms with E-state index in [0.29, 0.717) is 0 Å². The monoisotopic (exact) mass is 150 g/mol. The van der Waals surface area contributed by atoms with Crippen LogP contribution in [0.2, 0.25) is 0 Å². The molecular weight excluding hydrogens is 132 g/mol. The zero-order chi connectivity index (χ0) is 8.43. The summed E-state index contributed by atoms with van der Waals surface area (Å²) in [5.41, 5.74) is 3.02. The van der Waals surface area contributed by atoms with Gasteiger partial charge in [0.25, 0.3) is 0 Å². The Labute approximate surface area is 70.0 Å². The van der Waals surface area contributed by atoms with Gasteiger partial charge in [-0.15, -0.1) is 0 Å². The molecule has 1 aliphatic carbocycles. The van der Waals surface area contributed by atoms with Gasteiger partial charge in [-0.3, -0.25) is 0 Å². The summed E-state index contributed by atoms with van der Waals surface area (Å²) in [6.07, 6.45) is 5.89. The van der Waals surface area contributed by atoms with Crippen LogP contribution >= 0.6 is 0 Å². The second-order valence-electron chi connectivity index (χ2n) is 3.93. The van der Waals surface area contributed by atoms with Crippen LogP contribution in [0.3, 0.4) is 0 Å². The standard InChI is InChI=1S/C11H18/c1-8(2)11-6-5-9(3)10(4)7-11/h5-6,8,11H,7H2,1-4H3. The first-order valence-corrected chi connectivity index (χ1v) is 4.46. The van der Waals surface area contributed by atoms with E-state index in [1.54, 1.807) is 5.57 Å². The highest BCUT2D eigenvalue weighted by Crippen LogP contribution is 2.27. The number of hydrogen-bond acceptors (Lipinski definition) is 0. The third kappa shape index (κ3) is 1.95. The molecule has 0 N–H and O–H groups in total. The molecule has 0 saturated carbocycles. The molecule has 0 nitrogen and oxygen atoms in total. The van der Waals surface area contributed by atoms with Crippen molar-refractivity contribution in [2.45, 2.75) is 34.1 Å². The van der Waals surface area contributed by atoms with Gasteiger partial charge in [-0.25, -0.2) is 0 Å². The Bertz CT molecular complexity index is 194. The summed E-state index contributed by atoms with van der Waals surface area (Å²) in [4.78, 5) is 0. The molecule has 1 rings (SSSR count). The Morgan fingerprint density at radius 1 is 1.36 bits per heavy atom. The Hall–Kier alpha value is -0.520. The highest BCUT2D eigenvalue weighted by Gasteiger charge is 2.14. The lowest BCUT2D eigenvalue weighted by Crippen LogP contribution is -2.09. The molecule has 0 spiro atoms. The van der Waals surface area contributed by atoms with Gasteiger partial charge < -0.3 is 0 Å². The first-order valence-electron chi connectivity index (χ1n) is 4.46. The number of allylic oxidation sites excluding steroid dienone is 4. The van der Waals surface area contributed by atoms with Crippen molar-refractivity contribution in [1.82, 2.24) is 0 Å². The zero-order valence-electron chi connectivity index (χ0n) is 8.02. The third-order valence-corrected chi connectivity index (χ3v) is 2.66. The average Bonchev–Trinajstić information content (AvgIpc) is 1.94. The highest BCUT2D eigenvalue weighted by molar-refractivity contribution is 5.27. The van der Waals surface area contributed by atoms with Crippen LogP contribution in [0.4, 0.5) is 0 Å². The van der Waals surface area contributed by atoms with Crippen LogP contribution in [-0.4, -0.2) is 0 Å². The predicted molar refractivity (Wildman–Crippen MR) is 50.5 cm³/mol. The fourth-order valence-electron chi connectivity index (χ4n) is 1.45. The lowest BCUT2D eigenvalue weighted by molar-refractivity contribution is 0.456. The summed E-state index contributed by atoms with van der Waals surface area (Å²) in [6, 6.07) is 0. The minimum Gasteiger partial charge on any atom is -0.0806 e. The molecule has 0 aromatic carbocycles. The summed E-state index contributed by atoms with van der Waals surface area (Å²) in [5.74, 6) is 1.56. The Kier molecular flexibility index (Phi) is 2.53. The van der Waals surface area contributed by atoms with Gasteiger partial charge in [0.1, 0.15) is 0 Å². The molecule has 0 bridgehead atoms. The van der Waals surface area contributed by atoms with Crippen molar-refractivity contribution in [3.05, 3.63) is 23.3 Å². The van der Waals surface area contributed by atoms with Gasteiger partial charge >= 0.3 is 0 Å². The smallest absolute Gasteiger partial charge is 0.0170 e. The largest absolute Gasteiger partial charge is 0.0806 e. The van der Waals surface area contributed by atoms with Crippen molar-refractivity contribution < 1.29 is 0 Å². The normalized spacial score (nSPS) is 25.0. The molecule has 0 saturated heterocycles. The van der Waals surface area contributed by atoms with E-state index in [-0.39, 0.29) is 0 Å². The first kappa shape index (κ1) is 8.58. The lowest BCUT2D eigenvalue weighted by Gasteiger charge is -2.21. The molecule has 0 amide bonds. The molecule has 0 heterocycles. The summed E-state index contributed by atoms with van der Waals surface area (Å²) < 4.78 is 0. The zero-order valence-corrected chi connectivity index (χ0v) is 8.02. The van der Waals surface area contributed by atoms with Crippen LogP contribution in [0.5, 0.6) is 0 Å². The van der Waals surface area contributed by atoms with E-state index in [1.807, 2.05) is 0 Å². The average molecular weight is 150 g/mol. The van der Waals surface area contributed by atoms with Crippen LogP contribution in [0.1, 0.15) is 34.1 Å². The van der Waals surface area contributed by atoms with E-state index < -0.39 is 0 Å². The highest BCUT2D eigenvalue weighted by atomic mass is 14.2. The Morgan fingerprint density at radius 3 is 2.45 bits per heavy atom. The molecule has 11 heavy (non-hydrogen) atoms. The maximum Gasteiger partial charge on any atom is -0.0170 e. The number of rotatable bonds is 1. The van der Waals surface area contributed by atoms with Gasteiger partial charge in [0.05, 0.1) is 0 Å². The Morgan fingerprint density at radius 2 is 2.00 bits per heavy atom. The van der Waals surface area contributed by atoms with Gasteiger partial charge in [0.15, 0.2) is 0 Å². The third-order valence-electron chi connectivity index (χ3n) is 2.66. The van der Waals surface area contributed by atoms with Gasteiger partial charge in [0, 0.05) is 0 Å². The second kappa shape index (κ2) is 3.25. The quantitative estimate of drug-likeness (QED) is 0.536. The molecular formula is C11H18. The van der Waals surface area contributed by atoms with Crippen molar-refractivity contribution >= 4 is 0 Å². The minimum atomic E-state index is 0.777.